The van der Waals surface area contributed by atoms with Gasteiger partial charge in [-0.3, -0.25) is 4.79 Å². The topological polar surface area (TPSA) is 55.4 Å². The Hall–Kier alpha value is -2.69. The standard InChI is InChI=1S/C18H16FNO3/c19-16-7-2-1-6-15(16)18(22)23-11-17(21)20-14-9-8-12-4-3-5-13(12)10-14/h1-2,6-10H,3-5,11H2,(H,20,21). The highest BCUT2D eigenvalue weighted by atomic mass is 19.1. The number of fused-ring (bicyclic) bond motifs is 1. The summed E-state index contributed by atoms with van der Waals surface area (Å²) in [4.78, 5) is 23.6. The van der Waals surface area contributed by atoms with E-state index in [1.165, 1.54) is 35.4 Å². The van der Waals surface area contributed by atoms with Crippen LogP contribution in [0, 0.1) is 5.82 Å². The quantitative estimate of drug-likeness (QED) is 0.882. The highest BCUT2D eigenvalue weighted by molar-refractivity contribution is 5.95. The number of benzene rings is 2. The van der Waals surface area contributed by atoms with E-state index in [0.717, 1.165) is 19.3 Å². The molecular weight excluding hydrogens is 297 g/mol. The summed E-state index contributed by atoms with van der Waals surface area (Å²) in [6.07, 6.45) is 3.22. The van der Waals surface area contributed by atoms with E-state index in [4.69, 9.17) is 4.74 Å². The van der Waals surface area contributed by atoms with Gasteiger partial charge in [0.2, 0.25) is 0 Å². The molecule has 0 atom stereocenters. The van der Waals surface area contributed by atoms with E-state index in [0.29, 0.717) is 5.69 Å². The van der Waals surface area contributed by atoms with Crippen LogP contribution in [0.1, 0.15) is 27.9 Å². The van der Waals surface area contributed by atoms with E-state index in [-0.39, 0.29) is 5.56 Å². The molecule has 0 saturated carbocycles. The molecule has 0 radical (unpaired) electrons. The van der Waals surface area contributed by atoms with Crippen LogP contribution in [0.5, 0.6) is 0 Å². The lowest BCUT2D eigenvalue weighted by molar-refractivity contribution is -0.119. The van der Waals surface area contributed by atoms with Crippen molar-refractivity contribution in [1.29, 1.82) is 0 Å². The zero-order chi connectivity index (χ0) is 16.2. The minimum absolute atomic E-state index is 0.183. The molecule has 0 spiro atoms. The van der Waals surface area contributed by atoms with Crippen molar-refractivity contribution in [2.45, 2.75) is 19.3 Å². The lowest BCUT2D eigenvalue weighted by Gasteiger charge is -2.08. The number of esters is 1. The van der Waals surface area contributed by atoms with E-state index >= 15 is 0 Å². The minimum atomic E-state index is -0.854. The van der Waals surface area contributed by atoms with Crippen LogP contribution in [0.25, 0.3) is 0 Å². The monoisotopic (exact) mass is 313 g/mol. The zero-order valence-corrected chi connectivity index (χ0v) is 12.5. The number of anilines is 1. The molecule has 1 N–H and O–H groups in total. The number of rotatable bonds is 4. The fourth-order valence-corrected chi connectivity index (χ4v) is 2.68. The molecule has 4 nitrogen and oxygen atoms in total. The lowest BCUT2D eigenvalue weighted by Crippen LogP contribution is -2.21. The molecule has 0 heterocycles. The van der Waals surface area contributed by atoms with Gasteiger partial charge in [-0.05, 0) is 54.7 Å². The Kier molecular flexibility index (Phi) is 4.37. The van der Waals surface area contributed by atoms with E-state index in [9.17, 15) is 14.0 Å². The number of halogens is 1. The van der Waals surface area contributed by atoms with Crippen LogP contribution in [0.15, 0.2) is 42.5 Å². The number of carbonyl (C=O) groups is 2. The molecule has 5 heteroatoms. The van der Waals surface area contributed by atoms with E-state index < -0.39 is 24.3 Å². The van der Waals surface area contributed by atoms with Gasteiger partial charge >= 0.3 is 5.97 Å². The maximum absolute atomic E-state index is 13.4. The average molecular weight is 313 g/mol. The molecule has 23 heavy (non-hydrogen) atoms. The molecule has 1 amide bonds. The van der Waals surface area contributed by atoms with Crippen LogP contribution in [0.2, 0.25) is 0 Å². The number of amides is 1. The van der Waals surface area contributed by atoms with Gasteiger partial charge in [-0.1, -0.05) is 18.2 Å². The summed E-state index contributed by atoms with van der Waals surface area (Å²) in [6.45, 7) is -0.454. The normalized spacial score (nSPS) is 12.6. The molecule has 0 aromatic heterocycles. The maximum atomic E-state index is 13.4. The van der Waals surface area contributed by atoms with Gasteiger partial charge in [0.05, 0.1) is 5.56 Å². The van der Waals surface area contributed by atoms with E-state index in [1.54, 1.807) is 0 Å². The molecule has 118 valence electrons. The maximum Gasteiger partial charge on any atom is 0.341 e. The van der Waals surface area contributed by atoms with Crippen molar-refractivity contribution >= 4 is 17.6 Å². The fraction of sp³-hybridized carbons (Fsp3) is 0.222. The van der Waals surface area contributed by atoms with Crippen LogP contribution in [0.4, 0.5) is 10.1 Å². The van der Waals surface area contributed by atoms with Gasteiger partial charge < -0.3 is 10.1 Å². The third-order valence-corrected chi connectivity index (χ3v) is 3.81. The minimum Gasteiger partial charge on any atom is -0.452 e. The number of carbonyl (C=O) groups excluding carboxylic acids is 2. The number of aryl methyl sites for hydroxylation is 2. The first kappa shape index (κ1) is 15.2. The molecule has 0 fully saturated rings. The molecular formula is C18H16FNO3. The summed E-state index contributed by atoms with van der Waals surface area (Å²) in [5.41, 5.74) is 3.05. The first-order chi connectivity index (χ1) is 11.1. The second kappa shape index (κ2) is 6.60. The second-order valence-electron chi connectivity index (χ2n) is 5.44. The SMILES string of the molecule is O=C(COC(=O)c1ccccc1F)Nc1ccc2c(c1)CCC2. The summed E-state index contributed by atoms with van der Waals surface area (Å²) in [5, 5.41) is 2.68. The summed E-state index contributed by atoms with van der Waals surface area (Å²) in [5.74, 6) is -1.98. The Balaban J connectivity index is 1.56. The van der Waals surface area contributed by atoms with Crippen molar-refractivity contribution in [3.63, 3.8) is 0 Å². The Morgan fingerprint density at radius 3 is 2.70 bits per heavy atom. The average Bonchev–Trinajstić information content (AvgIpc) is 3.01. The van der Waals surface area contributed by atoms with Crippen LogP contribution in [-0.4, -0.2) is 18.5 Å². The predicted octanol–water partition coefficient (Wildman–Crippen LogP) is 3.11. The summed E-state index contributed by atoms with van der Waals surface area (Å²) < 4.78 is 18.3. The zero-order valence-electron chi connectivity index (χ0n) is 12.5. The molecule has 2 aromatic carbocycles. The second-order valence-corrected chi connectivity index (χ2v) is 5.44. The van der Waals surface area contributed by atoms with E-state index in [1.807, 2.05) is 18.2 Å². The van der Waals surface area contributed by atoms with Gasteiger partial charge in [0.25, 0.3) is 5.91 Å². The first-order valence-electron chi connectivity index (χ1n) is 7.47. The Labute approximate surface area is 133 Å². The lowest BCUT2D eigenvalue weighted by atomic mass is 10.1. The summed E-state index contributed by atoms with van der Waals surface area (Å²) >= 11 is 0. The molecule has 0 bridgehead atoms. The molecule has 0 saturated heterocycles. The van der Waals surface area contributed by atoms with Crippen LogP contribution >= 0.6 is 0 Å². The van der Waals surface area contributed by atoms with Gasteiger partial charge in [-0.25, -0.2) is 9.18 Å². The van der Waals surface area contributed by atoms with Crippen LogP contribution in [0.3, 0.4) is 0 Å². The smallest absolute Gasteiger partial charge is 0.341 e. The van der Waals surface area contributed by atoms with Gasteiger partial charge in [0, 0.05) is 5.69 Å². The van der Waals surface area contributed by atoms with Crippen molar-refractivity contribution in [2.75, 3.05) is 11.9 Å². The van der Waals surface area contributed by atoms with Crippen molar-refractivity contribution < 1.29 is 18.7 Å². The predicted molar refractivity (Wildman–Crippen MR) is 83.8 cm³/mol. The number of hydrogen-bond donors (Lipinski definition) is 1. The highest BCUT2D eigenvalue weighted by Gasteiger charge is 2.15. The van der Waals surface area contributed by atoms with Gasteiger partial charge in [-0.2, -0.15) is 0 Å². The van der Waals surface area contributed by atoms with Crippen molar-refractivity contribution in [1.82, 2.24) is 0 Å². The molecule has 1 aliphatic carbocycles. The Bertz CT molecular complexity index is 758. The third-order valence-electron chi connectivity index (χ3n) is 3.81. The first-order valence-corrected chi connectivity index (χ1v) is 7.47. The summed E-state index contributed by atoms with van der Waals surface area (Å²) in [7, 11) is 0. The number of hydrogen-bond acceptors (Lipinski definition) is 3. The van der Waals surface area contributed by atoms with Crippen LogP contribution in [-0.2, 0) is 22.4 Å². The molecule has 0 unspecified atom stereocenters. The fourth-order valence-electron chi connectivity index (χ4n) is 2.68. The van der Waals surface area contributed by atoms with Gasteiger partial charge in [0.15, 0.2) is 6.61 Å². The molecule has 1 aliphatic rings. The largest absolute Gasteiger partial charge is 0.452 e. The highest BCUT2D eigenvalue weighted by Crippen LogP contribution is 2.24. The van der Waals surface area contributed by atoms with Gasteiger partial charge in [-0.15, -0.1) is 0 Å². The van der Waals surface area contributed by atoms with E-state index in [2.05, 4.69) is 5.32 Å². The molecule has 0 aliphatic heterocycles. The summed E-state index contributed by atoms with van der Waals surface area (Å²) in [6, 6.07) is 11.3. The number of nitrogens with one attached hydrogen (secondary N) is 1. The van der Waals surface area contributed by atoms with Gasteiger partial charge in [0.1, 0.15) is 5.82 Å². The van der Waals surface area contributed by atoms with Crippen molar-refractivity contribution in [2.24, 2.45) is 0 Å². The number of ether oxygens (including phenoxy) is 1. The van der Waals surface area contributed by atoms with Crippen LogP contribution < -0.4 is 5.32 Å². The third kappa shape index (κ3) is 3.56. The molecule has 2 aromatic rings. The Morgan fingerprint density at radius 1 is 1.09 bits per heavy atom. The Morgan fingerprint density at radius 2 is 1.87 bits per heavy atom. The van der Waals surface area contributed by atoms with Crippen molar-refractivity contribution in [3.05, 3.63) is 65.0 Å². The molecule has 3 rings (SSSR count). The van der Waals surface area contributed by atoms with Crippen molar-refractivity contribution in [3.8, 4) is 0 Å².